The molecule has 3 aromatic rings. The van der Waals surface area contributed by atoms with E-state index in [2.05, 4.69) is 32.1 Å². The van der Waals surface area contributed by atoms with Gasteiger partial charge in [0, 0.05) is 37.3 Å². The van der Waals surface area contributed by atoms with Crippen molar-refractivity contribution in [3.63, 3.8) is 0 Å². The van der Waals surface area contributed by atoms with E-state index < -0.39 is 18.0 Å². The molecular formula is C26H25F2N5O3S. The Hall–Kier alpha value is -3.91. The normalized spacial score (nSPS) is 12.6. The van der Waals surface area contributed by atoms with E-state index in [1.807, 2.05) is 6.92 Å². The number of pyridine rings is 2. The van der Waals surface area contributed by atoms with Gasteiger partial charge in [0.15, 0.2) is 5.13 Å². The van der Waals surface area contributed by atoms with Crippen molar-refractivity contribution in [2.75, 3.05) is 26.5 Å². The molecule has 4 rings (SSSR count). The summed E-state index contributed by atoms with van der Waals surface area (Å²) in [6.07, 6.45) is 1.84. The molecule has 2 amide bonds. The molecule has 0 atom stereocenters. The Kier molecular flexibility index (Phi) is 7.78. The number of thiazole rings is 1. The Morgan fingerprint density at radius 2 is 1.97 bits per heavy atom. The maximum absolute atomic E-state index is 13.5. The molecule has 0 saturated heterocycles. The van der Waals surface area contributed by atoms with Crippen molar-refractivity contribution in [3.8, 4) is 28.7 Å². The van der Waals surface area contributed by atoms with E-state index in [0.717, 1.165) is 17.7 Å². The van der Waals surface area contributed by atoms with E-state index in [4.69, 9.17) is 4.74 Å². The average molecular weight is 526 g/mol. The molecule has 0 radical (unpaired) electrons. The number of carbonyl (C=O) groups is 2. The Labute approximate surface area is 217 Å². The zero-order valence-electron chi connectivity index (χ0n) is 20.8. The average Bonchev–Trinajstić information content (AvgIpc) is 3.63. The number of ether oxygens (including phenoxy) is 1. The SMILES string of the molecule is COc1cnc(C(F)F)cc1-c1cc(CC(=O)N(C)C)ncc1C(=O)Nc1nc(C)c(C#CC2CC2)s1. The van der Waals surface area contributed by atoms with Gasteiger partial charge in [-0.05, 0) is 31.9 Å². The van der Waals surface area contributed by atoms with Crippen molar-refractivity contribution in [3.05, 3.63) is 52.0 Å². The zero-order chi connectivity index (χ0) is 26.7. The van der Waals surface area contributed by atoms with E-state index in [1.165, 1.54) is 47.9 Å². The van der Waals surface area contributed by atoms with Crippen LogP contribution in [-0.4, -0.2) is 52.9 Å². The zero-order valence-corrected chi connectivity index (χ0v) is 21.6. The maximum Gasteiger partial charge on any atom is 0.280 e. The summed E-state index contributed by atoms with van der Waals surface area (Å²) >= 11 is 1.26. The number of hydrogen-bond acceptors (Lipinski definition) is 7. The molecule has 1 N–H and O–H groups in total. The summed E-state index contributed by atoms with van der Waals surface area (Å²) in [6.45, 7) is 1.82. The van der Waals surface area contributed by atoms with Crippen molar-refractivity contribution >= 4 is 28.3 Å². The van der Waals surface area contributed by atoms with Gasteiger partial charge in [-0.1, -0.05) is 23.2 Å². The van der Waals surface area contributed by atoms with Crippen LogP contribution < -0.4 is 10.1 Å². The lowest BCUT2D eigenvalue weighted by Crippen LogP contribution is -2.24. The van der Waals surface area contributed by atoms with Gasteiger partial charge in [-0.3, -0.25) is 24.9 Å². The monoisotopic (exact) mass is 525 g/mol. The fourth-order valence-electron chi connectivity index (χ4n) is 3.39. The molecule has 37 heavy (non-hydrogen) atoms. The van der Waals surface area contributed by atoms with Crippen LogP contribution in [0, 0.1) is 24.7 Å². The van der Waals surface area contributed by atoms with Gasteiger partial charge in [0.05, 0.1) is 36.7 Å². The third-order valence-corrected chi connectivity index (χ3v) is 6.63. The summed E-state index contributed by atoms with van der Waals surface area (Å²) in [6, 6.07) is 2.70. The molecule has 192 valence electrons. The van der Waals surface area contributed by atoms with Crippen molar-refractivity contribution in [2.45, 2.75) is 32.6 Å². The first-order chi connectivity index (χ1) is 17.7. The van der Waals surface area contributed by atoms with Crippen LogP contribution in [0.3, 0.4) is 0 Å². The highest BCUT2D eigenvalue weighted by atomic mass is 32.1. The van der Waals surface area contributed by atoms with Crippen LogP contribution in [0.2, 0.25) is 0 Å². The number of anilines is 1. The van der Waals surface area contributed by atoms with Gasteiger partial charge in [0.25, 0.3) is 12.3 Å². The van der Waals surface area contributed by atoms with Gasteiger partial charge in [0.2, 0.25) is 5.91 Å². The number of nitrogens with zero attached hydrogens (tertiary/aromatic N) is 4. The fraction of sp³-hybridized carbons (Fsp3) is 0.346. The third kappa shape index (κ3) is 6.27. The Balaban J connectivity index is 1.73. The smallest absolute Gasteiger partial charge is 0.280 e. The van der Waals surface area contributed by atoms with Gasteiger partial charge in [-0.25, -0.2) is 13.8 Å². The fourth-order valence-corrected chi connectivity index (χ4v) is 4.21. The van der Waals surface area contributed by atoms with Crippen LogP contribution in [0.15, 0.2) is 24.5 Å². The number of nitrogens with one attached hydrogen (secondary N) is 1. The van der Waals surface area contributed by atoms with Crippen molar-refractivity contribution in [1.82, 2.24) is 19.9 Å². The molecule has 0 spiro atoms. The Morgan fingerprint density at radius 3 is 2.62 bits per heavy atom. The van der Waals surface area contributed by atoms with E-state index in [0.29, 0.717) is 22.4 Å². The Morgan fingerprint density at radius 1 is 1.22 bits per heavy atom. The lowest BCUT2D eigenvalue weighted by atomic mass is 9.98. The van der Waals surface area contributed by atoms with Crippen molar-refractivity contribution in [1.29, 1.82) is 0 Å². The number of likely N-dealkylation sites (N-methyl/N-ethyl adjacent to an activating group) is 1. The van der Waals surface area contributed by atoms with E-state index in [1.54, 1.807) is 14.1 Å². The topological polar surface area (TPSA) is 97.3 Å². The molecule has 1 aliphatic rings. The summed E-state index contributed by atoms with van der Waals surface area (Å²) in [4.78, 5) is 40.3. The standard InChI is InChI=1S/C26H25F2N5O3S/c1-14-22(8-7-15-5-6-15)37-26(31-14)32-25(35)19-12-29-16(10-23(34)33(2)3)9-17(19)18-11-20(24(27)28)30-13-21(18)36-4/h9,11-13,15,24H,5-6,10H2,1-4H3,(H,31,32,35). The predicted molar refractivity (Wildman–Crippen MR) is 136 cm³/mol. The largest absolute Gasteiger partial charge is 0.494 e. The number of halogens is 2. The molecule has 1 aliphatic carbocycles. The van der Waals surface area contributed by atoms with Gasteiger partial charge in [-0.2, -0.15) is 0 Å². The maximum atomic E-state index is 13.5. The minimum atomic E-state index is -2.83. The lowest BCUT2D eigenvalue weighted by molar-refractivity contribution is -0.128. The van der Waals surface area contributed by atoms with Crippen LogP contribution in [0.25, 0.3) is 11.1 Å². The van der Waals surface area contributed by atoms with E-state index in [-0.39, 0.29) is 34.8 Å². The highest BCUT2D eigenvalue weighted by Gasteiger charge is 2.23. The number of hydrogen-bond donors (Lipinski definition) is 1. The summed E-state index contributed by atoms with van der Waals surface area (Å²) in [7, 11) is 4.61. The number of carbonyl (C=O) groups excluding carboxylic acids is 2. The lowest BCUT2D eigenvalue weighted by Gasteiger charge is -2.15. The second-order valence-electron chi connectivity index (χ2n) is 8.73. The van der Waals surface area contributed by atoms with E-state index >= 15 is 0 Å². The second-order valence-corrected chi connectivity index (χ2v) is 9.73. The third-order valence-electron chi connectivity index (χ3n) is 5.64. The Bertz CT molecular complexity index is 1410. The first-order valence-electron chi connectivity index (χ1n) is 11.5. The van der Waals surface area contributed by atoms with Crippen molar-refractivity contribution < 1.29 is 23.1 Å². The molecule has 0 bridgehead atoms. The van der Waals surface area contributed by atoms with E-state index in [9.17, 15) is 18.4 Å². The van der Waals surface area contributed by atoms with Gasteiger partial charge in [0.1, 0.15) is 16.3 Å². The molecule has 1 fully saturated rings. The predicted octanol–water partition coefficient (Wildman–Crippen LogP) is 4.50. The van der Waals surface area contributed by atoms with Gasteiger partial charge >= 0.3 is 0 Å². The highest BCUT2D eigenvalue weighted by molar-refractivity contribution is 7.16. The van der Waals surface area contributed by atoms with Gasteiger partial charge < -0.3 is 9.64 Å². The summed E-state index contributed by atoms with van der Waals surface area (Å²) in [5.74, 6) is 6.19. The molecular weight excluding hydrogens is 500 g/mol. The first-order valence-corrected chi connectivity index (χ1v) is 12.3. The summed E-state index contributed by atoms with van der Waals surface area (Å²) in [5.41, 5.74) is 1.21. The molecule has 0 unspecified atom stereocenters. The highest BCUT2D eigenvalue weighted by Crippen LogP contribution is 2.35. The minimum absolute atomic E-state index is 0.0360. The number of alkyl halides is 2. The molecule has 3 heterocycles. The quantitative estimate of drug-likeness (QED) is 0.457. The van der Waals surface area contributed by atoms with Gasteiger partial charge in [-0.15, -0.1) is 0 Å². The number of rotatable bonds is 7. The second kappa shape index (κ2) is 11.0. The molecule has 8 nitrogen and oxygen atoms in total. The molecule has 11 heteroatoms. The molecule has 3 aromatic heterocycles. The number of aromatic nitrogens is 3. The molecule has 1 saturated carbocycles. The van der Waals surface area contributed by atoms with Crippen LogP contribution in [0.4, 0.5) is 13.9 Å². The van der Waals surface area contributed by atoms with Crippen LogP contribution in [0.1, 0.15) is 51.6 Å². The summed E-state index contributed by atoms with van der Waals surface area (Å²) in [5, 5.41) is 3.12. The molecule has 0 aromatic carbocycles. The number of amides is 2. The van der Waals surface area contributed by atoms with Crippen molar-refractivity contribution in [2.24, 2.45) is 5.92 Å². The van der Waals surface area contributed by atoms with Crippen LogP contribution >= 0.6 is 11.3 Å². The summed E-state index contributed by atoms with van der Waals surface area (Å²) < 4.78 is 32.3. The first kappa shape index (κ1) is 26.2. The van der Waals surface area contributed by atoms with Crippen LogP contribution in [-0.2, 0) is 11.2 Å². The number of aryl methyl sites for hydroxylation is 1. The number of methoxy groups -OCH3 is 1. The minimum Gasteiger partial charge on any atom is -0.494 e. The van der Waals surface area contributed by atoms with Crippen LogP contribution in [0.5, 0.6) is 5.75 Å². The molecule has 0 aliphatic heterocycles.